The summed E-state index contributed by atoms with van der Waals surface area (Å²) in [6, 6.07) is -0.00972. The summed E-state index contributed by atoms with van der Waals surface area (Å²) in [6.45, 7) is 12.5. The Hall–Kier alpha value is -1.26. The van der Waals surface area contributed by atoms with Crippen molar-refractivity contribution in [2.24, 2.45) is 5.41 Å². The number of urea groups is 1. The molecular weight excluding hydrogens is 244 g/mol. The molecule has 0 aromatic carbocycles. The van der Waals surface area contributed by atoms with Crippen LogP contribution in [0.25, 0.3) is 0 Å². The van der Waals surface area contributed by atoms with Crippen LogP contribution in [0.15, 0.2) is 0 Å². The number of amides is 2. The average molecular weight is 272 g/mol. The molecule has 19 heavy (non-hydrogen) atoms. The van der Waals surface area contributed by atoms with E-state index in [-0.39, 0.29) is 30.0 Å². The average Bonchev–Trinajstić information content (AvgIpc) is 2.21. The molecule has 2 amide bonds. The van der Waals surface area contributed by atoms with Gasteiger partial charge in [-0.25, -0.2) is 4.79 Å². The van der Waals surface area contributed by atoms with Crippen molar-refractivity contribution in [1.29, 1.82) is 0 Å². The molecule has 0 aliphatic carbocycles. The van der Waals surface area contributed by atoms with Gasteiger partial charge in [-0.05, 0) is 32.6 Å². The van der Waals surface area contributed by atoms with Crippen LogP contribution in [-0.4, -0.2) is 40.6 Å². The largest absolute Gasteiger partial charge is 0.481 e. The van der Waals surface area contributed by atoms with Gasteiger partial charge in [0.15, 0.2) is 0 Å². The molecule has 112 valence electrons. The van der Waals surface area contributed by atoms with Gasteiger partial charge in [0.1, 0.15) is 0 Å². The first kappa shape index (κ1) is 17.7. The van der Waals surface area contributed by atoms with Crippen LogP contribution in [-0.2, 0) is 4.79 Å². The van der Waals surface area contributed by atoms with Gasteiger partial charge in [-0.2, -0.15) is 0 Å². The maximum Gasteiger partial charge on any atom is 0.317 e. The SMILES string of the molecule is CC(C)N(CCCC(=O)O)C(=O)NC(C)C(C)(C)C. The fraction of sp³-hybridized carbons (Fsp3) is 0.857. The Kier molecular flexibility index (Phi) is 6.87. The smallest absolute Gasteiger partial charge is 0.317 e. The molecule has 0 radical (unpaired) electrons. The molecule has 0 aromatic heterocycles. The van der Waals surface area contributed by atoms with Gasteiger partial charge in [0.25, 0.3) is 0 Å². The summed E-state index contributed by atoms with van der Waals surface area (Å²) >= 11 is 0. The lowest BCUT2D eigenvalue weighted by atomic mass is 9.88. The number of nitrogens with zero attached hydrogens (tertiary/aromatic N) is 1. The zero-order valence-electron chi connectivity index (χ0n) is 13.0. The maximum absolute atomic E-state index is 12.2. The Balaban J connectivity index is 4.46. The fourth-order valence-electron chi connectivity index (χ4n) is 1.48. The van der Waals surface area contributed by atoms with Gasteiger partial charge in [-0.3, -0.25) is 4.79 Å². The van der Waals surface area contributed by atoms with Crippen LogP contribution in [0.4, 0.5) is 4.79 Å². The van der Waals surface area contributed by atoms with Gasteiger partial charge in [0.2, 0.25) is 0 Å². The van der Waals surface area contributed by atoms with E-state index in [2.05, 4.69) is 26.1 Å². The molecule has 5 heteroatoms. The van der Waals surface area contributed by atoms with Crippen molar-refractivity contribution in [3.05, 3.63) is 0 Å². The number of aliphatic carboxylic acids is 1. The molecular formula is C14H28N2O3. The molecule has 0 heterocycles. The molecule has 0 aromatic rings. The standard InChI is InChI=1S/C14H28N2O3/c1-10(2)16(9-7-8-12(17)18)13(19)15-11(3)14(4,5)6/h10-11H,7-9H2,1-6H3,(H,15,19)(H,17,18). The monoisotopic (exact) mass is 272 g/mol. The molecule has 0 spiro atoms. The van der Waals surface area contributed by atoms with E-state index < -0.39 is 5.97 Å². The highest BCUT2D eigenvalue weighted by Crippen LogP contribution is 2.19. The second kappa shape index (κ2) is 7.36. The van der Waals surface area contributed by atoms with E-state index in [1.54, 1.807) is 4.90 Å². The summed E-state index contributed by atoms with van der Waals surface area (Å²) in [7, 11) is 0. The Morgan fingerprint density at radius 2 is 1.74 bits per heavy atom. The second-order valence-electron chi connectivity index (χ2n) is 6.32. The van der Waals surface area contributed by atoms with E-state index >= 15 is 0 Å². The molecule has 0 saturated heterocycles. The molecule has 1 unspecified atom stereocenters. The zero-order chi connectivity index (χ0) is 15.2. The Morgan fingerprint density at radius 3 is 2.11 bits per heavy atom. The van der Waals surface area contributed by atoms with Crippen LogP contribution < -0.4 is 5.32 Å². The molecule has 5 nitrogen and oxygen atoms in total. The van der Waals surface area contributed by atoms with Crippen molar-refractivity contribution in [3.63, 3.8) is 0 Å². The Morgan fingerprint density at radius 1 is 1.21 bits per heavy atom. The molecule has 0 saturated carbocycles. The van der Waals surface area contributed by atoms with Crippen LogP contribution in [0.1, 0.15) is 54.4 Å². The van der Waals surface area contributed by atoms with Gasteiger partial charge in [0.05, 0.1) is 0 Å². The van der Waals surface area contributed by atoms with E-state index in [9.17, 15) is 9.59 Å². The number of nitrogens with one attached hydrogen (secondary N) is 1. The summed E-state index contributed by atoms with van der Waals surface area (Å²) < 4.78 is 0. The first-order chi connectivity index (χ1) is 8.55. The van der Waals surface area contributed by atoms with Crippen molar-refractivity contribution < 1.29 is 14.7 Å². The van der Waals surface area contributed by atoms with Gasteiger partial charge >= 0.3 is 12.0 Å². The van der Waals surface area contributed by atoms with Crippen molar-refractivity contribution in [2.45, 2.75) is 66.5 Å². The lowest BCUT2D eigenvalue weighted by Gasteiger charge is -2.33. The number of carbonyl (C=O) groups excluding carboxylic acids is 1. The minimum Gasteiger partial charge on any atom is -0.481 e. The van der Waals surface area contributed by atoms with E-state index in [1.807, 2.05) is 20.8 Å². The number of rotatable bonds is 6. The minimum absolute atomic E-state index is 0.000621. The topological polar surface area (TPSA) is 69.6 Å². The molecule has 0 rings (SSSR count). The van der Waals surface area contributed by atoms with Crippen LogP contribution in [0.3, 0.4) is 0 Å². The fourth-order valence-corrected chi connectivity index (χ4v) is 1.48. The normalized spacial score (nSPS) is 13.2. The number of carboxylic acid groups (broad SMARTS) is 1. The number of hydrogen-bond donors (Lipinski definition) is 2. The zero-order valence-corrected chi connectivity index (χ0v) is 13.0. The van der Waals surface area contributed by atoms with Crippen LogP contribution in [0.5, 0.6) is 0 Å². The summed E-state index contributed by atoms with van der Waals surface area (Å²) in [5.74, 6) is -0.827. The van der Waals surface area contributed by atoms with Gasteiger partial charge in [0, 0.05) is 25.0 Å². The predicted octanol–water partition coefficient (Wildman–Crippen LogP) is 2.71. The molecule has 2 N–H and O–H groups in total. The van der Waals surface area contributed by atoms with E-state index in [1.165, 1.54) is 0 Å². The van der Waals surface area contributed by atoms with Gasteiger partial charge < -0.3 is 15.3 Å². The van der Waals surface area contributed by atoms with Crippen molar-refractivity contribution in [1.82, 2.24) is 10.2 Å². The van der Waals surface area contributed by atoms with E-state index in [4.69, 9.17) is 5.11 Å². The Bertz CT molecular complexity index is 308. The number of carbonyl (C=O) groups is 2. The van der Waals surface area contributed by atoms with Gasteiger partial charge in [-0.15, -0.1) is 0 Å². The maximum atomic E-state index is 12.2. The lowest BCUT2D eigenvalue weighted by molar-refractivity contribution is -0.137. The molecule has 0 fully saturated rings. The first-order valence-electron chi connectivity index (χ1n) is 6.84. The molecule has 0 aliphatic rings. The quantitative estimate of drug-likeness (QED) is 0.781. The third-order valence-corrected chi connectivity index (χ3v) is 3.31. The number of carboxylic acids is 1. The van der Waals surface area contributed by atoms with E-state index in [0.29, 0.717) is 13.0 Å². The third-order valence-electron chi connectivity index (χ3n) is 3.31. The summed E-state index contributed by atoms with van der Waals surface area (Å²) in [5.41, 5.74) is -0.000621. The van der Waals surface area contributed by atoms with Gasteiger partial charge in [-0.1, -0.05) is 20.8 Å². The highest BCUT2D eigenvalue weighted by atomic mass is 16.4. The van der Waals surface area contributed by atoms with Crippen LogP contribution >= 0.6 is 0 Å². The van der Waals surface area contributed by atoms with Crippen molar-refractivity contribution in [2.75, 3.05) is 6.54 Å². The summed E-state index contributed by atoms with van der Waals surface area (Å²) in [6.07, 6.45) is 0.566. The second-order valence-corrected chi connectivity index (χ2v) is 6.32. The van der Waals surface area contributed by atoms with E-state index in [0.717, 1.165) is 0 Å². The predicted molar refractivity (Wildman–Crippen MR) is 76.2 cm³/mol. The highest BCUT2D eigenvalue weighted by molar-refractivity contribution is 5.75. The first-order valence-corrected chi connectivity index (χ1v) is 6.84. The summed E-state index contributed by atoms with van der Waals surface area (Å²) in [5, 5.41) is 11.6. The minimum atomic E-state index is -0.827. The van der Waals surface area contributed by atoms with Crippen LogP contribution in [0, 0.1) is 5.41 Å². The number of hydrogen-bond acceptors (Lipinski definition) is 2. The molecule has 1 atom stereocenters. The third kappa shape index (κ3) is 7.03. The lowest BCUT2D eigenvalue weighted by Crippen LogP contribution is -2.50. The summed E-state index contributed by atoms with van der Waals surface area (Å²) in [4.78, 5) is 24.4. The van der Waals surface area contributed by atoms with Crippen molar-refractivity contribution in [3.8, 4) is 0 Å². The highest BCUT2D eigenvalue weighted by Gasteiger charge is 2.25. The van der Waals surface area contributed by atoms with Crippen molar-refractivity contribution >= 4 is 12.0 Å². The Labute approximate surface area is 116 Å². The van der Waals surface area contributed by atoms with Crippen LogP contribution in [0.2, 0.25) is 0 Å². The molecule has 0 aliphatic heterocycles. The molecule has 0 bridgehead atoms.